The monoisotopic (exact) mass is 862 g/mol. The molecule has 2 aliphatic rings. The van der Waals surface area contributed by atoms with Crippen molar-refractivity contribution in [3.05, 3.63) is 63.7 Å². The number of halogens is 4. The van der Waals surface area contributed by atoms with Gasteiger partial charge in [0.05, 0.1) is 58.1 Å². The fourth-order valence-corrected chi connectivity index (χ4v) is 9.73. The van der Waals surface area contributed by atoms with Gasteiger partial charge in [0.1, 0.15) is 11.4 Å². The molecule has 8 nitrogen and oxygen atoms in total. The number of carbonyl (C=O) groups is 2. The molecule has 0 aliphatic carbocycles. The molecule has 2 aromatic carbocycles. The Labute approximate surface area is 292 Å². The third-order valence-electron chi connectivity index (χ3n) is 7.67. The van der Waals surface area contributed by atoms with Gasteiger partial charge in [0.15, 0.2) is 0 Å². The molecule has 0 bridgehead atoms. The van der Waals surface area contributed by atoms with E-state index in [1.807, 2.05) is 39.8 Å². The molecule has 2 heterocycles. The average Bonchev–Trinajstić information content (AvgIpc) is 3.32. The quantitative estimate of drug-likeness (QED) is 0.176. The molecule has 240 valence electrons. The van der Waals surface area contributed by atoms with E-state index < -0.39 is 22.4 Å². The first kappa shape index (κ1) is 35.7. The predicted octanol–water partition coefficient (Wildman–Crippen LogP) is 8.69. The Morgan fingerprint density at radius 3 is 1.25 bits per heavy atom. The molecule has 12 heteroatoms. The number of aliphatic hydroxyl groups is 2. The second kappa shape index (κ2) is 12.5. The van der Waals surface area contributed by atoms with E-state index in [1.165, 1.54) is 0 Å². The second-order valence-electron chi connectivity index (χ2n) is 13.4. The summed E-state index contributed by atoms with van der Waals surface area (Å²) in [4.78, 5) is 27.8. The standard InChI is InChI=1S/C32H38Br4N2O6/c1-29(2,41)9-11-43-31(5,6)21-15(33)13-17-19(23(21)35)27(39)25(37-17)26-28(40)20-18(38-26)14-16(34)22(24(20)36)32(7,8)44-12-10-30(3,4)42/h13-14,37-38,41-42H,9-12H2,1-8H3/b26-25+. The maximum atomic E-state index is 13.9. The summed E-state index contributed by atoms with van der Waals surface area (Å²) in [5, 5.41) is 26.6. The molecule has 0 unspecified atom stereocenters. The third kappa shape index (κ3) is 7.22. The summed E-state index contributed by atoms with van der Waals surface area (Å²) in [5.41, 5.74) is 0.350. The number of ketones is 2. The van der Waals surface area contributed by atoms with Gasteiger partial charge in [-0.15, -0.1) is 0 Å². The largest absolute Gasteiger partial charge is 0.390 e. The molecule has 2 aliphatic heterocycles. The normalized spacial score (nSPS) is 17.1. The highest BCUT2D eigenvalue weighted by Gasteiger charge is 2.41. The van der Waals surface area contributed by atoms with Crippen LogP contribution >= 0.6 is 63.7 Å². The number of ether oxygens (including phenoxy) is 2. The Morgan fingerprint density at radius 1 is 0.636 bits per heavy atom. The van der Waals surface area contributed by atoms with Crippen molar-refractivity contribution < 1.29 is 29.3 Å². The zero-order chi connectivity index (χ0) is 33.2. The van der Waals surface area contributed by atoms with E-state index in [-0.39, 0.29) is 23.0 Å². The van der Waals surface area contributed by atoms with Gasteiger partial charge in [-0.3, -0.25) is 9.59 Å². The maximum Gasteiger partial charge on any atom is 0.214 e. The third-order valence-corrected chi connectivity index (χ3v) is 10.5. The molecular weight excluding hydrogens is 828 g/mol. The molecule has 2 aromatic rings. The van der Waals surface area contributed by atoms with Gasteiger partial charge in [-0.2, -0.15) is 0 Å². The molecule has 4 N–H and O–H groups in total. The van der Waals surface area contributed by atoms with Crippen LogP contribution in [0.2, 0.25) is 0 Å². The summed E-state index contributed by atoms with van der Waals surface area (Å²) in [6.07, 6.45) is 0.887. The van der Waals surface area contributed by atoms with Crippen LogP contribution in [-0.4, -0.2) is 46.2 Å². The Balaban J connectivity index is 1.68. The Hall–Kier alpha value is -1.12. The van der Waals surface area contributed by atoms with Crippen LogP contribution in [0.4, 0.5) is 11.4 Å². The minimum Gasteiger partial charge on any atom is -0.390 e. The van der Waals surface area contributed by atoms with Crippen LogP contribution in [0.5, 0.6) is 0 Å². The fraction of sp³-hybridized carbons (Fsp3) is 0.500. The minimum atomic E-state index is -0.868. The number of hydrogen-bond donors (Lipinski definition) is 4. The van der Waals surface area contributed by atoms with Crippen LogP contribution in [0, 0.1) is 0 Å². The summed E-state index contributed by atoms with van der Waals surface area (Å²) in [6.45, 7) is 15.2. The van der Waals surface area contributed by atoms with Gasteiger partial charge in [-0.25, -0.2) is 0 Å². The van der Waals surface area contributed by atoms with Crippen molar-refractivity contribution in [2.75, 3.05) is 23.8 Å². The predicted molar refractivity (Wildman–Crippen MR) is 186 cm³/mol. The molecule has 0 fully saturated rings. The van der Waals surface area contributed by atoms with E-state index in [2.05, 4.69) is 74.4 Å². The van der Waals surface area contributed by atoms with E-state index in [1.54, 1.807) is 27.7 Å². The van der Waals surface area contributed by atoms with Crippen molar-refractivity contribution >= 4 is 86.7 Å². The molecule has 0 radical (unpaired) electrons. The Morgan fingerprint density at radius 2 is 0.955 bits per heavy atom. The zero-order valence-corrected chi connectivity index (χ0v) is 32.4. The average molecular weight is 866 g/mol. The topological polar surface area (TPSA) is 117 Å². The molecule has 44 heavy (non-hydrogen) atoms. The van der Waals surface area contributed by atoms with Crippen molar-refractivity contribution in [3.8, 4) is 0 Å². The number of carbonyl (C=O) groups excluding carboxylic acids is 2. The lowest BCUT2D eigenvalue weighted by atomic mass is 9.93. The first-order valence-corrected chi connectivity index (χ1v) is 17.4. The lowest BCUT2D eigenvalue weighted by Crippen LogP contribution is -2.28. The van der Waals surface area contributed by atoms with Crippen LogP contribution in [0.15, 0.2) is 41.4 Å². The maximum absolute atomic E-state index is 13.9. The zero-order valence-electron chi connectivity index (χ0n) is 26.0. The number of fused-ring (bicyclic) bond motifs is 2. The van der Waals surface area contributed by atoms with Crippen molar-refractivity contribution in [1.29, 1.82) is 0 Å². The Bertz CT molecular complexity index is 1450. The van der Waals surface area contributed by atoms with Crippen molar-refractivity contribution in [2.24, 2.45) is 0 Å². The van der Waals surface area contributed by atoms with Crippen molar-refractivity contribution in [2.45, 2.75) is 90.6 Å². The van der Waals surface area contributed by atoms with Crippen LogP contribution in [0.3, 0.4) is 0 Å². The lowest BCUT2D eigenvalue weighted by Gasteiger charge is -2.30. The first-order chi connectivity index (χ1) is 20.1. The van der Waals surface area contributed by atoms with E-state index in [4.69, 9.17) is 9.47 Å². The number of nitrogens with one attached hydrogen (secondary N) is 2. The lowest BCUT2D eigenvalue weighted by molar-refractivity contribution is -0.0508. The van der Waals surface area contributed by atoms with Gasteiger partial charge in [0, 0.05) is 29.0 Å². The molecule has 0 saturated heterocycles. The summed E-state index contributed by atoms with van der Waals surface area (Å²) in [6, 6.07) is 3.62. The first-order valence-electron chi connectivity index (χ1n) is 14.2. The summed E-state index contributed by atoms with van der Waals surface area (Å²) in [5.74, 6) is -0.662. The van der Waals surface area contributed by atoms with E-state index in [0.29, 0.717) is 57.5 Å². The highest BCUT2D eigenvalue weighted by molar-refractivity contribution is 9.11. The van der Waals surface area contributed by atoms with Crippen molar-refractivity contribution in [3.63, 3.8) is 0 Å². The molecule has 0 spiro atoms. The number of Topliss-reactive ketones (excluding diaryl/α,β-unsaturated/α-hetero) is 2. The highest BCUT2D eigenvalue weighted by atomic mass is 79.9. The molecule has 0 atom stereocenters. The number of benzene rings is 2. The van der Waals surface area contributed by atoms with E-state index in [9.17, 15) is 19.8 Å². The fourth-order valence-electron chi connectivity index (χ4n) is 5.22. The minimum absolute atomic E-state index is 0.150. The smallest absolute Gasteiger partial charge is 0.214 e. The van der Waals surface area contributed by atoms with Crippen LogP contribution in [0.1, 0.15) is 100 Å². The second-order valence-corrected chi connectivity index (χ2v) is 16.7. The molecule has 4 rings (SSSR count). The number of anilines is 2. The van der Waals surface area contributed by atoms with Crippen LogP contribution in [0.25, 0.3) is 0 Å². The summed E-state index contributed by atoms with van der Waals surface area (Å²) in [7, 11) is 0. The molecule has 0 amide bonds. The van der Waals surface area contributed by atoms with Gasteiger partial charge in [-0.1, -0.05) is 31.9 Å². The van der Waals surface area contributed by atoms with Gasteiger partial charge in [0.25, 0.3) is 0 Å². The van der Waals surface area contributed by atoms with Gasteiger partial charge in [0.2, 0.25) is 11.6 Å². The van der Waals surface area contributed by atoms with Crippen LogP contribution < -0.4 is 10.6 Å². The van der Waals surface area contributed by atoms with Crippen LogP contribution in [-0.2, 0) is 20.7 Å². The number of hydrogen-bond acceptors (Lipinski definition) is 8. The Kier molecular flexibility index (Phi) is 10.1. The summed E-state index contributed by atoms with van der Waals surface area (Å²) >= 11 is 14.6. The van der Waals surface area contributed by atoms with Crippen molar-refractivity contribution in [1.82, 2.24) is 0 Å². The molecule has 0 saturated carbocycles. The molecule has 0 aromatic heterocycles. The summed E-state index contributed by atoms with van der Waals surface area (Å²) < 4.78 is 14.9. The van der Waals surface area contributed by atoms with E-state index in [0.717, 1.165) is 20.1 Å². The SMILES string of the molecule is CC(C)(O)CCOC(C)(C)c1c(Br)cc2c(c1Br)C(=O)/C(=C1\Nc3cc(Br)c(C(C)(C)OCCC(C)(C)O)c(Br)c3C1=O)N2. The van der Waals surface area contributed by atoms with Gasteiger partial charge in [-0.05, 0) is 112 Å². The number of allylic oxidation sites excluding steroid dienone is 2. The van der Waals surface area contributed by atoms with E-state index >= 15 is 0 Å². The van der Waals surface area contributed by atoms with Gasteiger partial charge < -0.3 is 30.3 Å². The highest BCUT2D eigenvalue weighted by Crippen LogP contribution is 2.49. The number of rotatable bonds is 10. The molecular formula is C32H38Br4N2O6. The van der Waals surface area contributed by atoms with Gasteiger partial charge >= 0.3 is 0 Å².